The van der Waals surface area contributed by atoms with E-state index in [1.54, 1.807) is 7.11 Å². The molecule has 36 heavy (non-hydrogen) atoms. The Morgan fingerprint density at radius 3 is 1.94 bits per heavy atom. The molecule has 0 radical (unpaired) electrons. The number of ether oxygens (including phenoxy) is 2. The minimum absolute atomic E-state index is 0.0850. The fourth-order valence-electron chi connectivity index (χ4n) is 4.14. The topological polar surface area (TPSA) is 18.5 Å². The second kappa shape index (κ2) is 13.5. The third kappa shape index (κ3) is 6.79. The number of hydrogen-bond donors (Lipinski definition) is 0. The third-order valence-electron chi connectivity index (χ3n) is 5.89. The smallest absolute Gasteiger partial charge is 0.134 e. The summed E-state index contributed by atoms with van der Waals surface area (Å²) in [5, 5.41) is 0. The average Bonchev–Trinajstić information content (AvgIpc) is 2.90. The molecule has 0 aliphatic carbocycles. The summed E-state index contributed by atoms with van der Waals surface area (Å²) in [6.45, 7) is 19.7. The van der Waals surface area contributed by atoms with Gasteiger partial charge in [-0.3, -0.25) is 0 Å². The van der Waals surface area contributed by atoms with Crippen molar-refractivity contribution in [1.29, 1.82) is 0 Å². The summed E-state index contributed by atoms with van der Waals surface area (Å²) in [5.74, 6) is 1.69. The standard InChI is InChI=1S/C32H36O2.C2H6/c1-8-15-25(9-2)28-20-13-18-26(30(28)33-7)23(3)27-19-14-21-29(32(4,5)6)31(27)34-22-24-16-11-10-12-17-24;1-2/h8-21H,3,22H2,1-2,4-7H3;1-2H3/b15-8-,25-9+;. The van der Waals surface area contributed by atoms with Crippen LogP contribution in [0.5, 0.6) is 11.5 Å². The van der Waals surface area contributed by atoms with Gasteiger partial charge < -0.3 is 9.47 Å². The van der Waals surface area contributed by atoms with E-state index < -0.39 is 0 Å². The number of allylic oxidation sites excluding steroid dienone is 4. The predicted molar refractivity (Wildman–Crippen MR) is 157 cm³/mol. The summed E-state index contributed by atoms with van der Waals surface area (Å²) >= 11 is 0. The maximum absolute atomic E-state index is 6.51. The molecule has 2 nitrogen and oxygen atoms in total. The molecule has 0 fully saturated rings. The Kier molecular flexibility index (Phi) is 10.8. The molecule has 0 aliphatic heterocycles. The number of hydrogen-bond acceptors (Lipinski definition) is 2. The zero-order chi connectivity index (χ0) is 26.7. The van der Waals surface area contributed by atoms with Gasteiger partial charge in [0.1, 0.15) is 18.1 Å². The van der Waals surface area contributed by atoms with Crippen molar-refractivity contribution in [3.05, 3.63) is 119 Å². The molecule has 0 atom stereocenters. The molecule has 0 aromatic heterocycles. The first-order valence-corrected chi connectivity index (χ1v) is 12.8. The van der Waals surface area contributed by atoms with Crippen LogP contribution in [0.4, 0.5) is 0 Å². The maximum Gasteiger partial charge on any atom is 0.134 e. The van der Waals surface area contributed by atoms with Gasteiger partial charge >= 0.3 is 0 Å². The molecule has 0 bridgehead atoms. The van der Waals surface area contributed by atoms with Crippen LogP contribution in [0.2, 0.25) is 0 Å². The Balaban J connectivity index is 0.00000222. The van der Waals surface area contributed by atoms with Gasteiger partial charge in [-0.1, -0.05) is 126 Å². The van der Waals surface area contributed by atoms with Crippen LogP contribution in [0.3, 0.4) is 0 Å². The lowest BCUT2D eigenvalue weighted by molar-refractivity contribution is 0.296. The Morgan fingerprint density at radius 1 is 0.806 bits per heavy atom. The van der Waals surface area contributed by atoms with Crippen molar-refractivity contribution in [2.75, 3.05) is 7.11 Å². The highest BCUT2D eigenvalue weighted by Gasteiger charge is 2.24. The molecule has 3 aromatic carbocycles. The number of rotatable bonds is 8. The van der Waals surface area contributed by atoms with Crippen LogP contribution in [0.25, 0.3) is 11.1 Å². The van der Waals surface area contributed by atoms with Gasteiger partial charge in [0.15, 0.2) is 0 Å². The predicted octanol–water partition coefficient (Wildman–Crippen LogP) is 9.64. The zero-order valence-electron chi connectivity index (χ0n) is 23.3. The van der Waals surface area contributed by atoms with Crippen molar-refractivity contribution in [1.82, 2.24) is 0 Å². The normalized spacial score (nSPS) is 11.6. The van der Waals surface area contributed by atoms with E-state index in [4.69, 9.17) is 9.47 Å². The fraction of sp³-hybridized carbons (Fsp3) is 0.294. The first kappa shape index (κ1) is 28.7. The van der Waals surface area contributed by atoms with E-state index in [0.717, 1.165) is 50.5 Å². The van der Waals surface area contributed by atoms with Gasteiger partial charge in [-0.2, -0.15) is 0 Å². The molecule has 0 unspecified atom stereocenters. The van der Waals surface area contributed by atoms with Crippen molar-refractivity contribution in [2.24, 2.45) is 0 Å². The molecule has 0 spiro atoms. The van der Waals surface area contributed by atoms with Crippen LogP contribution in [-0.2, 0) is 12.0 Å². The molecule has 3 aromatic rings. The fourth-order valence-corrected chi connectivity index (χ4v) is 4.14. The molecule has 0 N–H and O–H groups in total. The molecule has 0 heterocycles. The Hall–Kier alpha value is -3.52. The van der Waals surface area contributed by atoms with E-state index in [2.05, 4.69) is 88.0 Å². The van der Waals surface area contributed by atoms with Crippen LogP contribution in [0, 0.1) is 0 Å². The van der Waals surface area contributed by atoms with Crippen molar-refractivity contribution >= 4 is 11.1 Å². The second-order valence-corrected chi connectivity index (χ2v) is 9.32. The summed E-state index contributed by atoms with van der Waals surface area (Å²) in [6, 6.07) is 22.8. The molecule has 0 aliphatic rings. The molecule has 0 amide bonds. The molecule has 0 saturated carbocycles. The first-order chi connectivity index (χ1) is 17.3. The molecular weight excluding hydrogens is 440 g/mol. The lowest BCUT2D eigenvalue weighted by Crippen LogP contribution is -2.15. The van der Waals surface area contributed by atoms with Gasteiger partial charge in [0.05, 0.1) is 7.11 Å². The van der Waals surface area contributed by atoms with Gasteiger partial charge in [-0.05, 0) is 36.0 Å². The van der Waals surface area contributed by atoms with E-state index in [1.807, 2.05) is 52.0 Å². The minimum Gasteiger partial charge on any atom is -0.495 e. The lowest BCUT2D eigenvalue weighted by atomic mass is 9.83. The van der Waals surface area contributed by atoms with Gasteiger partial charge in [-0.15, -0.1) is 0 Å². The van der Waals surface area contributed by atoms with E-state index in [9.17, 15) is 0 Å². The van der Waals surface area contributed by atoms with E-state index in [-0.39, 0.29) is 5.41 Å². The lowest BCUT2D eigenvalue weighted by Gasteiger charge is -2.26. The van der Waals surface area contributed by atoms with Crippen LogP contribution >= 0.6 is 0 Å². The summed E-state index contributed by atoms with van der Waals surface area (Å²) in [7, 11) is 1.72. The second-order valence-electron chi connectivity index (χ2n) is 9.32. The highest BCUT2D eigenvalue weighted by atomic mass is 16.5. The zero-order valence-corrected chi connectivity index (χ0v) is 23.3. The van der Waals surface area contributed by atoms with E-state index >= 15 is 0 Å². The van der Waals surface area contributed by atoms with Crippen molar-refractivity contribution in [3.63, 3.8) is 0 Å². The van der Waals surface area contributed by atoms with E-state index in [0.29, 0.717) is 6.61 Å². The molecule has 0 saturated heterocycles. The van der Waals surface area contributed by atoms with Crippen LogP contribution in [-0.4, -0.2) is 7.11 Å². The van der Waals surface area contributed by atoms with Gasteiger partial charge in [0.25, 0.3) is 0 Å². The van der Waals surface area contributed by atoms with Crippen LogP contribution < -0.4 is 9.47 Å². The quantitative estimate of drug-likeness (QED) is 0.298. The highest BCUT2D eigenvalue weighted by molar-refractivity contribution is 5.89. The SMILES string of the molecule is C=C(c1cccc(C(/C=C\C)=C/C)c1OC)c1cccc(C(C)(C)C)c1OCc1ccccc1.CC. The van der Waals surface area contributed by atoms with E-state index in [1.165, 1.54) is 0 Å². The third-order valence-corrected chi connectivity index (χ3v) is 5.89. The van der Waals surface area contributed by atoms with Crippen LogP contribution in [0.15, 0.2) is 91.5 Å². The van der Waals surface area contributed by atoms with Crippen LogP contribution in [0.1, 0.15) is 76.3 Å². The minimum atomic E-state index is -0.0850. The Labute approximate surface area is 219 Å². The molecular formula is C34H42O2. The Morgan fingerprint density at radius 2 is 1.39 bits per heavy atom. The summed E-state index contributed by atoms with van der Waals surface area (Å²) < 4.78 is 12.4. The summed E-state index contributed by atoms with van der Waals surface area (Å²) in [4.78, 5) is 0. The van der Waals surface area contributed by atoms with Crippen molar-refractivity contribution in [3.8, 4) is 11.5 Å². The van der Waals surface area contributed by atoms with Gasteiger partial charge in [0, 0.05) is 22.3 Å². The maximum atomic E-state index is 6.51. The summed E-state index contributed by atoms with van der Waals surface area (Å²) in [6.07, 6.45) is 6.23. The molecule has 2 heteroatoms. The Bertz CT molecular complexity index is 1190. The van der Waals surface area contributed by atoms with Gasteiger partial charge in [-0.25, -0.2) is 0 Å². The number of methoxy groups -OCH3 is 1. The number of para-hydroxylation sites is 2. The molecule has 190 valence electrons. The summed E-state index contributed by atoms with van der Waals surface area (Å²) in [5.41, 5.74) is 7.17. The monoisotopic (exact) mass is 482 g/mol. The number of benzene rings is 3. The highest BCUT2D eigenvalue weighted by Crippen LogP contribution is 2.42. The van der Waals surface area contributed by atoms with Crippen molar-refractivity contribution < 1.29 is 9.47 Å². The van der Waals surface area contributed by atoms with Crippen molar-refractivity contribution in [2.45, 2.75) is 60.5 Å². The largest absolute Gasteiger partial charge is 0.495 e. The average molecular weight is 483 g/mol. The van der Waals surface area contributed by atoms with Gasteiger partial charge in [0.2, 0.25) is 0 Å². The first-order valence-electron chi connectivity index (χ1n) is 12.8. The molecule has 3 rings (SSSR count).